The Morgan fingerprint density at radius 2 is 1.78 bits per heavy atom. The van der Waals surface area contributed by atoms with E-state index in [-0.39, 0.29) is 11.8 Å². The predicted molar refractivity (Wildman–Crippen MR) is 89.9 cm³/mol. The van der Waals surface area contributed by atoms with Gasteiger partial charge in [-0.25, -0.2) is 5.01 Å². The smallest absolute Gasteiger partial charge is 0.310 e. The van der Waals surface area contributed by atoms with Crippen molar-refractivity contribution in [3.05, 3.63) is 0 Å². The second-order valence-corrected chi connectivity index (χ2v) is 6.56. The van der Waals surface area contributed by atoms with Crippen LogP contribution in [0.25, 0.3) is 0 Å². The van der Waals surface area contributed by atoms with Crippen LogP contribution < -0.4 is 5.32 Å². The van der Waals surface area contributed by atoms with Crippen LogP contribution in [0, 0.1) is 11.8 Å². The van der Waals surface area contributed by atoms with Gasteiger partial charge in [0, 0.05) is 31.1 Å². The number of carbonyl (C=O) groups excluding carboxylic acids is 3. The molecule has 130 valence electrons. The van der Waals surface area contributed by atoms with Crippen LogP contribution in [0.4, 0.5) is 0 Å². The first kappa shape index (κ1) is 19.3. The molecule has 6 nitrogen and oxygen atoms in total. The summed E-state index contributed by atoms with van der Waals surface area (Å²) in [4.78, 5) is 36.0. The highest BCUT2D eigenvalue weighted by Gasteiger charge is 2.25. The zero-order chi connectivity index (χ0) is 17.4. The first-order chi connectivity index (χ1) is 10.8. The molecule has 1 aliphatic carbocycles. The molecule has 23 heavy (non-hydrogen) atoms. The maximum atomic E-state index is 12.1. The first-order valence-electron chi connectivity index (χ1n) is 8.44. The number of amides is 2. The third-order valence-corrected chi connectivity index (χ3v) is 4.15. The average Bonchev–Trinajstić information content (AvgIpc) is 2.53. The van der Waals surface area contributed by atoms with Crippen LogP contribution in [0.1, 0.15) is 59.3 Å². The highest BCUT2D eigenvalue weighted by molar-refractivity contribution is 6.36. The van der Waals surface area contributed by atoms with Gasteiger partial charge in [-0.1, -0.05) is 26.2 Å². The van der Waals surface area contributed by atoms with E-state index in [1.165, 1.54) is 13.5 Å². The quantitative estimate of drug-likeness (QED) is 0.443. The predicted octanol–water partition coefficient (Wildman–Crippen LogP) is 2.13. The molecule has 1 fully saturated rings. The number of hydrazone groups is 1. The summed E-state index contributed by atoms with van der Waals surface area (Å²) in [6.45, 7) is 5.66. The number of nitrogens with one attached hydrogen (secondary N) is 1. The van der Waals surface area contributed by atoms with Crippen molar-refractivity contribution in [2.45, 2.75) is 59.3 Å². The van der Waals surface area contributed by atoms with Crippen LogP contribution in [0.5, 0.6) is 0 Å². The Labute approximate surface area is 138 Å². The van der Waals surface area contributed by atoms with Gasteiger partial charge in [0.25, 0.3) is 0 Å². The molecular weight excluding hydrogens is 294 g/mol. The third-order valence-electron chi connectivity index (χ3n) is 4.15. The minimum Gasteiger partial charge on any atom is -0.356 e. The number of carbonyl (C=O) groups is 3. The molecule has 0 radical (unpaired) electrons. The van der Waals surface area contributed by atoms with Crippen LogP contribution >= 0.6 is 0 Å². The minimum atomic E-state index is -0.614. The number of ketones is 1. The molecule has 0 saturated heterocycles. The summed E-state index contributed by atoms with van der Waals surface area (Å²) in [5, 5.41) is 7.93. The molecule has 1 aliphatic rings. The third kappa shape index (κ3) is 6.50. The number of hydrogen-bond donors (Lipinski definition) is 1. The molecule has 0 aromatic heterocycles. The molecule has 0 bridgehead atoms. The molecular formula is C17H29N3O3. The van der Waals surface area contributed by atoms with Crippen molar-refractivity contribution in [1.29, 1.82) is 0 Å². The summed E-state index contributed by atoms with van der Waals surface area (Å²) in [7, 11) is 1.48. The van der Waals surface area contributed by atoms with Gasteiger partial charge in [-0.15, -0.1) is 0 Å². The van der Waals surface area contributed by atoms with Crippen LogP contribution in [0.15, 0.2) is 5.10 Å². The van der Waals surface area contributed by atoms with E-state index in [2.05, 4.69) is 10.4 Å². The Balaban J connectivity index is 2.36. The molecule has 2 amide bonds. The van der Waals surface area contributed by atoms with Crippen molar-refractivity contribution in [2.24, 2.45) is 16.9 Å². The van der Waals surface area contributed by atoms with Crippen molar-refractivity contribution in [2.75, 3.05) is 13.6 Å². The van der Waals surface area contributed by atoms with Crippen LogP contribution in [-0.4, -0.2) is 41.9 Å². The molecule has 0 aromatic carbocycles. The van der Waals surface area contributed by atoms with Gasteiger partial charge in [-0.05, 0) is 33.1 Å². The number of rotatable bonds is 7. The lowest BCUT2D eigenvalue weighted by atomic mass is 9.88. The Bertz CT molecular complexity index is 464. The molecule has 0 heterocycles. The highest BCUT2D eigenvalue weighted by Crippen LogP contribution is 2.23. The van der Waals surface area contributed by atoms with E-state index in [4.69, 9.17) is 0 Å². The van der Waals surface area contributed by atoms with E-state index in [0.29, 0.717) is 18.7 Å². The second kappa shape index (κ2) is 9.43. The van der Waals surface area contributed by atoms with E-state index < -0.39 is 17.6 Å². The lowest BCUT2D eigenvalue weighted by molar-refractivity contribution is -0.145. The molecule has 0 aromatic rings. The summed E-state index contributed by atoms with van der Waals surface area (Å²) in [5.41, 5.74) is 0.709. The van der Waals surface area contributed by atoms with E-state index in [0.717, 1.165) is 30.7 Å². The highest BCUT2D eigenvalue weighted by atomic mass is 16.2. The minimum absolute atomic E-state index is 0.0824. The van der Waals surface area contributed by atoms with Crippen molar-refractivity contribution in [1.82, 2.24) is 10.3 Å². The van der Waals surface area contributed by atoms with Crippen LogP contribution in [-0.2, 0) is 14.4 Å². The maximum absolute atomic E-state index is 12.1. The molecule has 1 saturated carbocycles. The Morgan fingerprint density at radius 3 is 2.35 bits per heavy atom. The van der Waals surface area contributed by atoms with Crippen LogP contribution in [0.2, 0.25) is 0 Å². The largest absolute Gasteiger partial charge is 0.356 e. The Hall–Kier alpha value is -1.72. The van der Waals surface area contributed by atoms with Gasteiger partial charge in [-0.2, -0.15) is 5.10 Å². The summed E-state index contributed by atoms with van der Waals surface area (Å²) >= 11 is 0. The fourth-order valence-corrected chi connectivity index (χ4v) is 2.77. The zero-order valence-corrected chi connectivity index (χ0v) is 14.7. The normalized spacial score (nSPS) is 16.3. The second-order valence-electron chi connectivity index (χ2n) is 6.56. The molecule has 1 N–H and O–H groups in total. The zero-order valence-electron chi connectivity index (χ0n) is 14.7. The van der Waals surface area contributed by atoms with Gasteiger partial charge in [0.05, 0.1) is 0 Å². The first-order valence-corrected chi connectivity index (χ1v) is 8.44. The summed E-state index contributed by atoms with van der Waals surface area (Å²) in [5.74, 6) is -1.31. The summed E-state index contributed by atoms with van der Waals surface area (Å²) < 4.78 is 0. The van der Waals surface area contributed by atoms with Gasteiger partial charge >= 0.3 is 5.91 Å². The molecule has 6 heteroatoms. The van der Waals surface area contributed by atoms with E-state index in [1.807, 2.05) is 0 Å². The van der Waals surface area contributed by atoms with Crippen LogP contribution in [0.3, 0.4) is 0 Å². The number of likely N-dealkylation sites (N-methyl/N-ethyl adjacent to an activating group) is 1. The molecule has 0 aliphatic heterocycles. The number of hydrogen-bond acceptors (Lipinski definition) is 4. The maximum Gasteiger partial charge on any atom is 0.310 e. The lowest BCUT2D eigenvalue weighted by Crippen LogP contribution is -2.36. The summed E-state index contributed by atoms with van der Waals surface area (Å²) in [6.07, 6.45) is 5.82. The van der Waals surface area contributed by atoms with Crippen molar-refractivity contribution in [3.8, 4) is 0 Å². The summed E-state index contributed by atoms with van der Waals surface area (Å²) in [6, 6.07) is 0. The van der Waals surface area contributed by atoms with Gasteiger partial charge in [0.1, 0.15) is 0 Å². The van der Waals surface area contributed by atoms with E-state index in [9.17, 15) is 14.4 Å². The topological polar surface area (TPSA) is 78.8 Å². The molecule has 0 spiro atoms. The van der Waals surface area contributed by atoms with Gasteiger partial charge < -0.3 is 5.32 Å². The fourth-order valence-electron chi connectivity index (χ4n) is 2.77. The Kier molecular flexibility index (Phi) is 7.92. The average molecular weight is 323 g/mol. The van der Waals surface area contributed by atoms with Gasteiger partial charge in [-0.3, -0.25) is 14.4 Å². The fraction of sp³-hybridized carbons (Fsp3) is 0.765. The molecule has 1 atom stereocenters. The monoisotopic (exact) mass is 323 g/mol. The van der Waals surface area contributed by atoms with Crippen molar-refractivity contribution >= 4 is 23.3 Å². The molecule has 1 rings (SSSR count). The van der Waals surface area contributed by atoms with Gasteiger partial charge in [0.2, 0.25) is 11.7 Å². The van der Waals surface area contributed by atoms with E-state index in [1.54, 1.807) is 20.8 Å². The van der Waals surface area contributed by atoms with E-state index >= 15 is 0 Å². The Morgan fingerprint density at radius 1 is 1.17 bits per heavy atom. The lowest BCUT2D eigenvalue weighted by Gasteiger charge is -2.21. The standard InChI is InChI=1S/C17H29N3O3/c1-12(2)19-20(4)17(23)15(21)13(3)10-11-18-16(22)14-8-6-5-7-9-14/h13-14H,5-11H2,1-4H3,(H,18,22)/t13-/m0/s1. The van der Waals surface area contributed by atoms with Crippen molar-refractivity contribution < 1.29 is 14.4 Å². The molecule has 0 unspecified atom stereocenters. The van der Waals surface area contributed by atoms with Gasteiger partial charge in [0.15, 0.2) is 0 Å². The van der Waals surface area contributed by atoms with Crippen molar-refractivity contribution in [3.63, 3.8) is 0 Å². The SMILES string of the molecule is CC(C)=NN(C)C(=O)C(=O)[C@@H](C)CCNC(=O)C1CCCCC1. The number of Topliss-reactive ketones (excluding diaryl/α,β-unsaturated/α-hetero) is 1. The number of nitrogens with zero attached hydrogens (tertiary/aromatic N) is 2.